The summed E-state index contributed by atoms with van der Waals surface area (Å²) in [6.45, 7) is 9.46. The number of aromatic nitrogens is 1. The van der Waals surface area contributed by atoms with Gasteiger partial charge in [0.2, 0.25) is 0 Å². The Morgan fingerprint density at radius 2 is 0.900 bits per heavy atom. The van der Waals surface area contributed by atoms with Crippen molar-refractivity contribution < 1.29 is 0 Å². The Bertz CT molecular complexity index is 2300. The van der Waals surface area contributed by atoms with Gasteiger partial charge >= 0.3 is 0 Å². The summed E-state index contributed by atoms with van der Waals surface area (Å²) in [4.78, 5) is 10.2. The van der Waals surface area contributed by atoms with Gasteiger partial charge < -0.3 is 4.90 Å². The maximum atomic E-state index is 5.13. The minimum atomic E-state index is -0.215. The summed E-state index contributed by atoms with van der Waals surface area (Å²) in [5.74, 6) is 0. The molecule has 2 aliphatic heterocycles. The molecule has 3 heteroatoms. The average molecular weight is 663 g/mol. The largest absolute Gasteiger partial charge is 0.310 e. The number of benzene rings is 6. The van der Waals surface area contributed by atoms with Crippen LogP contribution in [0.4, 0.5) is 17.1 Å². The summed E-state index contributed by atoms with van der Waals surface area (Å²) in [5.41, 5.74) is 15.4. The topological polar surface area (TPSA) is 16.1 Å². The normalized spacial score (nSPS) is 15.0. The van der Waals surface area contributed by atoms with E-state index in [4.69, 9.17) is 4.98 Å². The van der Waals surface area contributed by atoms with E-state index in [2.05, 4.69) is 190 Å². The fraction of sp³-hybridized carbons (Fsp3) is 0.128. The summed E-state index contributed by atoms with van der Waals surface area (Å²) in [6.07, 6.45) is 0. The molecular weight excluding hydrogens is 625 g/mol. The molecule has 0 fully saturated rings. The van der Waals surface area contributed by atoms with Crippen molar-refractivity contribution in [1.29, 1.82) is 0 Å². The van der Waals surface area contributed by atoms with Gasteiger partial charge in [-0.15, -0.1) is 0 Å². The number of para-hydroxylation sites is 2. The second-order valence-electron chi connectivity index (χ2n) is 14.5. The lowest BCUT2D eigenvalue weighted by Gasteiger charge is -2.42. The predicted octanol–water partition coefficient (Wildman–Crippen LogP) is 13.0. The van der Waals surface area contributed by atoms with Crippen LogP contribution in [-0.2, 0) is 10.8 Å². The highest BCUT2D eigenvalue weighted by Crippen LogP contribution is 2.55. The molecule has 2 aliphatic rings. The van der Waals surface area contributed by atoms with Crippen molar-refractivity contribution in [2.75, 3.05) is 4.90 Å². The molecule has 242 valence electrons. The first-order valence-electron chi connectivity index (χ1n) is 17.4. The van der Waals surface area contributed by atoms with E-state index in [9.17, 15) is 0 Å². The molecule has 9 rings (SSSR count). The van der Waals surface area contributed by atoms with Gasteiger partial charge in [-0.1, -0.05) is 143 Å². The Kier molecular flexibility index (Phi) is 7.12. The molecule has 0 atom stereocenters. The van der Waals surface area contributed by atoms with Gasteiger partial charge in [-0.3, -0.25) is 0 Å². The first-order valence-corrected chi connectivity index (χ1v) is 18.2. The van der Waals surface area contributed by atoms with Crippen molar-refractivity contribution in [3.05, 3.63) is 180 Å². The number of rotatable bonds is 4. The van der Waals surface area contributed by atoms with Crippen LogP contribution in [0.3, 0.4) is 0 Å². The molecule has 0 aliphatic carbocycles. The van der Waals surface area contributed by atoms with Gasteiger partial charge in [-0.25, -0.2) is 4.98 Å². The third-order valence-electron chi connectivity index (χ3n) is 10.7. The van der Waals surface area contributed by atoms with Crippen LogP contribution < -0.4 is 4.90 Å². The molecule has 2 nitrogen and oxygen atoms in total. The summed E-state index contributed by atoms with van der Waals surface area (Å²) >= 11 is 1.88. The van der Waals surface area contributed by atoms with E-state index < -0.39 is 0 Å². The maximum Gasteiger partial charge on any atom is 0.0715 e. The van der Waals surface area contributed by atoms with E-state index in [-0.39, 0.29) is 10.8 Å². The molecule has 3 heterocycles. The number of nitrogens with zero attached hydrogens (tertiary/aromatic N) is 2. The minimum absolute atomic E-state index is 0.0872. The zero-order chi connectivity index (χ0) is 34.0. The molecule has 0 N–H and O–H groups in total. The fourth-order valence-corrected chi connectivity index (χ4v) is 9.30. The van der Waals surface area contributed by atoms with Crippen molar-refractivity contribution in [3.8, 4) is 33.6 Å². The quantitative estimate of drug-likeness (QED) is 0.187. The van der Waals surface area contributed by atoms with Crippen LogP contribution in [0.1, 0.15) is 49.9 Å². The van der Waals surface area contributed by atoms with Crippen molar-refractivity contribution >= 4 is 28.8 Å². The van der Waals surface area contributed by atoms with Crippen LogP contribution in [0.15, 0.2) is 168 Å². The van der Waals surface area contributed by atoms with Crippen molar-refractivity contribution in [1.82, 2.24) is 4.98 Å². The van der Waals surface area contributed by atoms with Crippen molar-refractivity contribution in [2.45, 2.75) is 48.3 Å². The van der Waals surface area contributed by atoms with Crippen LogP contribution in [-0.4, -0.2) is 4.98 Å². The molecule has 0 spiro atoms. The van der Waals surface area contributed by atoms with Gasteiger partial charge in [0, 0.05) is 37.4 Å². The third kappa shape index (κ3) is 4.91. The summed E-state index contributed by atoms with van der Waals surface area (Å²) in [7, 11) is 0. The molecule has 0 unspecified atom stereocenters. The molecule has 0 amide bonds. The molecule has 50 heavy (non-hydrogen) atoms. The maximum absolute atomic E-state index is 5.13. The number of fused-ring (bicyclic) bond motifs is 4. The molecule has 0 saturated carbocycles. The second-order valence-corrected chi connectivity index (χ2v) is 15.6. The predicted molar refractivity (Wildman–Crippen MR) is 210 cm³/mol. The van der Waals surface area contributed by atoms with E-state index in [1.165, 1.54) is 60.2 Å². The molecular formula is C47H38N2S. The van der Waals surface area contributed by atoms with Gasteiger partial charge in [0.1, 0.15) is 0 Å². The summed E-state index contributed by atoms with van der Waals surface area (Å²) in [5, 5.41) is 0. The van der Waals surface area contributed by atoms with Crippen LogP contribution in [0.2, 0.25) is 0 Å². The van der Waals surface area contributed by atoms with Gasteiger partial charge in [0.05, 0.1) is 22.8 Å². The number of hydrogen-bond donors (Lipinski definition) is 0. The first kappa shape index (κ1) is 30.7. The zero-order valence-corrected chi connectivity index (χ0v) is 29.6. The van der Waals surface area contributed by atoms with Crippen LogP contribution in [0, 0.1) is 0 Å². The van der Waals surface area contributed by atoms with Crippen LogP contribution in [0.25, 0.3) is 33.6 Å². The molecule has 6 aromatic carbocycles. The van der Waals surface area contributed by atoms with E-state index >= 15 is 0 Å². The Hall–Kier alpha value is -5.38. The fourth-order valence-electron chi connectivity index (χ4n) is 7.94. The standard InChI is InChI=1S/C47H38N2S/c1-46(2)36-19-11-13-21-42(36)49(43-22-14-12-20-37(43)46)35-24-26-45-39(30-35)47(3,4)38-27-33(23-25-44(38)50-45)34-28-40(31-15-7-5-8-16-31)48-41(29-34)32-17-9-6-10-18-32/h5-30H,1-4H3. The number of hydrogen-bond acceptors (Lipinski definition) is 3. The lowest BCUT2D eigenvalue weighted by molar-refractivity contribution is 0.607. The summed E-state index contributed by atoms with van der Waals surface area (Å²) < 4.78 is 0. The van der Waals surface area contributed by atoms with E-state index in [0.717, 1.165) is 22.5 Å². The molecule has 1 aromatic heterocycles. The second kappa shape index (κ2) is 11.6. The molecule has 0 radical (unpaired) electrons. The van der Waals surface area contributed by atoms with Crippen LogP contribution in [0.5, 0.6) is 0 Å². The van der Waals surface area contributed by atoms with E-state index in [1.807, 2.05) is 11.8 Å². The smallest absolute Gasteiger partial charge is 0.0715 e. The molecule has 0 bridgehead atoms. The molecule has 0 saturated heterocycles. The van der Waals surface area contributed by atoms with Crippen molar-refractivity contribution in [3.63, 3.8) is 0 Å². The Morgan fingerprint density at radius 3 is 1.48 bits per heavy atom. The Labute approximate surface area is 299 Å². The third-order valence-corrected chi connectivity index (χ3v) is 11.9. The van der Waals surface area contributed by atoms with E-state index in [0.29, 0.717) is 0 Å². The zero-order valence-electron chi connectivity index (χ0n) is 28.8. The summed E-state index contributed by atoms with van der Waals surface area (Å²) in [6, 6.07) is 57.4. The van der Waals surface area contributed by atoms with Gasteiger partial charge in [-0.05, 0) is 88.0 Å². The number of pyridine rings is 1. The van der Waals surface area contributed by atoms with Gasteiger partial charge in [0.15, 0.2) is 0 Å². The van der Waals surface area contributed by atoms with Gasteiger partial charge in [0.25, 0.3) is 0 Å². The molecule has 7 aromatic rings. The van der Waals surface area contributed by atoms with Gasteiger partial charge in [-0.2, -0.15) is 0 Å². The minimum Gasteiger partial charge on any atom is -0.310 e. The number of anilines is 3. The van der Waals surface area contributed by atoms with Crippen molar-refractivity contribution in [2.24, 2.45) is 0 Å². The SMILES string of the molecule is CC1(C)c2cc(-c3cc(-c4ccccc4)nc(-c4ccccc4)c3)ccc2Sc2ccc(N3c4ccccc4C(C)(C)c4ccccc43)cc21. The van der Waals surface area contributed by atoms with Crippen LogP contribution >= 0.6 is 11.8 Å². The average Bonchev–Trinajstić information content (AvgIpc) is 3.16. The lowest BCUT2D eigenvalue weighted by atomic mass is 9.73. The lowest BCUT2D eigenvalue weighted by Crippen LogP contribution is -2.31. The monoisotopic (exact) mass is 662 g/mol. The highest BCUT2D eigenvalue weighted by atomic mass is 32.2. The van der Waals surface area contributed by atoms with E-state index in [1.54, 1.807) is 0 Å². The Morgan fingerprint density at radius 1 is 0.420 bits per heavy atom. The highest BCUT2D eigenvalue weighted by Gasteiger charge is 2.38. The Balaban J connectivity index is 1.16. The first-order chi connectivity index (χ1) is 24.3. The highest BCUT2D eigenvalue weighted by molar-refractivity contribution is 7.99.